The van der Waals surface area contributed by atoms with E-state index in [2.05, 4.69) is 76.2 Å². The minimum atomic E-state index is -0.0855. The van der Waals surface area contributed by atoms with Gasteiger partial charge in [-0.2, -0.15) is 0 Å². The number of hydrogen-bond donors (Lipinski definition) is 0. The second kappa shape index (κ2) is 15.4. The van der Waals surface area contributed by atoms with Crippen LogP contribution in [0.3, 0.4) is 0 Å². The number of hydrogen-bond acceptors (Lipinski definition) is 4. The van der Waals surface area contributed by atoms with Crippen LogP contribution in [0.2, 0.25) is 0 Å². The van der Waals surface area contributed by atoms with Crippen molar-refractivity contribution >= 4 is 12.4 Å². The Morgan fingerprint density at radius 2 is 1.20 bits per heavy atom. The zero-order chi connectivity index (χ0) is 23.3. The van der Waals surface area contributed by atoms with Crippen molar-refractivity contribution in [1.29, 1.82) is 0 Å². The maximum Gasteiger partial charge on any atom is 0.108 e. The molecule has 3 aromatic rings. The third-order valence-electron chi connectivity index (χ3n) is 6.03. The standard InChI is InChI=1S/C30H34N2O2.ClH/c1-4-12-27(13-5-1)26-32-21-19-31(20-22-32)18-10-11-23-33-24-25-34-30(28-14-6-2-7-15-28)29-16-8-3-9-17-29;/h1-9,12-17,30H,18-26H2;1H. The molecule has 0 saturated carbocycles. The summed E-state index contributed by atoms with van der Waals surface area (Å²) in [6, 6.07) is 31.3. The molecule has 4 nitrogen and oxygen atoms in total. The van der Waals surface area contributed by atoms with E-state index >= 15 is 0 Å². The summed E-state index contributed by atoms with van der Waals surface area (Å²) in [5, 5.41) is 0. The van der Waals surface area contributed by atoms with Gasteiger partial charge in [-0.05, 0) is 16.7 Å². The average Bonchev–Trinajstić information content (AvgIpc) is 2.90. The Morgan fingerprint density at radius 1 is 0.657 bits per heavy atom. The molecular weight excluding hydrogens is 456 g/mol. The lowest BCUT2D eigenvalue weighted by Crippen LogP contribution is -2.45. The first-order chi connectivity index (χ1) is 16.9. The summed E-state index contributed by atoms with van der Waals surface area (Å²) in [6.07, 6.45) is -0.0855. The molecule has 0 aliphatic carbocycles. The SMILES string of the molecule is C(#CCN1CCN(Cc2ccccc2)CC1)COCCOC(c1ccccc1)c1ccccc1.Cl. The fourth-order valence-corrected chi connectivity index (χ4v) is 4.15. The van der Waals surface area contributed by atoms with Crippen LogP contribution in [0.4, 0.5) is 0 Å². The third kappa shape index (κ3) is 9.14. The fourth-order valence-electron chi connectivity index (χ4n) is 4.15. The van der Waals surface area contributed by atoms with E-state index < -0.39 is 0 Å². The maximum absolute atomic E-state index is 6.18. The molecule has 1 saturated heterocycles. The quantitative estimate of drug-likeness (QED) is 0.293. The predicted octanol–water partition coefficient (Wildman–Crippen LogP) is 5.05. The van der Waals surface area contributed by atoms with E-state index in [4.69, 9.17) is 9.47 Å². The van der Waals surface area contributed by atoms with Gasteiger partial charge in [-0.3, -0.25) is 9.80 Å². The lowest BCUT2D eigenvalue weighted by atomic mass is 10.0. The molecule has 4 rings (SSSR count). The second-order valence-electron chi connectivity index (χ2n) is 8.52. The Kier molecular flexibility index (Phi) is 11.8. The Balaban J connectivity index is 0.00000342. The molecule has 0 bridgehead atoms. The Morgan fingerprint density at radius 3 is 1.80 bits per heavy atom. The van der Waals surface area contributed by atoms with E-state index in [9.17, 15) is 0 Å². The van der Waals surface area contributed by atoms with E-state index in [-0.39, 0.29) is 18.5 Å². The molecule has 0 radical (unpaired) electrons. The first-order valence-corrected chi connectivity index (χ1v) is 12.1. The zero-order valence-electron chi connectivity index (χ0n) is 20.2. The van der Waals surface area contributed by atoms with Gasteiger partial charge in [-0.25, -0.2) is 0 Å². The zero-order valence-corrected chi connectivity index (χ0v) is 21.0. The third-order valence-corrected chi connectivity index (χ3v) is 6.03. The highest BCUT2D eigenvalue weighted by Crippen LogP contribution is 2.25. The van der Waals surface area contributed by atoms with E-state index in [1.165, 1.54) is 5.56 Å². The Bertz CT molecular complexity index is 974. The van der Waals surface area contributed by atoms with Crippen molar-refractivity contribution < 1.29 is 9.47 Å². The van der Waals surface area contributed by atoms with Crippen molar-refractivity contribution in [1.82, 2.24) is 9.80 Å². The minimum absolute atomic E-state index is 0. The van der Waals surface area contributed by atoms with E-state index in [0.29, 0.717) is 19.8 Å². The van der Waals surface area contributed by atoms with Gasteiger partial charge < -0.3 is 9.47 Å². The number of nitrogens with zero attached hydrogens (tertiary/aromatic N) is 2. The Labute approximate surface area is 216 Å². The molecule has 35 heavy (non-hydrogen) atoms. The summed E-state index contributed by atoms with van der Waals surface area (Å²) in [5.41, 5.74) is 3.69. The molecule has 0 unspecified atom stereocenters. The molecule has 0 amide bonds. The molecule has 184 valence electrons. The molecular formula is C30H35ClN2O2. The lowest BCUT2D eigenvalue weighted by molar-refractivity contribution is 0.0283. The highest BCUT2D eigenvalue weighted by molar-refractivity contribution is 5.85. The summed E-state index contributed by atoms with van der Waals surface area (Å²) >= 11 is 0. The largest absolute Gasteiger partial charge is 0.366 e. The molecule has 0 atom stereocenters. The molecule has 0 N–H and O–H groups in total. The van der Waals surface area contributed by atoms with Gasteiger partial charge in [-0.1, -0.05) is 103 Å². The van der Waals surface area contributed by atoms with Gasteiger partial charge in [0.05, 0.1) is 19.8 Å². The monoisotopic (exact) mass is 490 g/mol. The highest BCUT2D eigenvalue weighted by atomic mass is 35.5. The molecule has 0 aromatic heterocycles. The molecule has 1 aliphatic heterocycles. The van der Waals surface area contributed by atoms with Crippen molar-refractivity contribution in [2.45, 2.75) is 12.6 Å². The van der Waals surface area contributed by atoms with Crippen molar-refractivity contribution in [3.05, 3.63) is 108 Å². The van der Waals surface area contributed by atoms with Crippen LogP contribution in [0.1, 0.15) is 22.8 Å². The minimum Gasteiger partial charge on any atom is -0.366 e. The number of benzene rings is 3. The summed E-state index contributed by atoms with van der Waals surface area (Å²) in [4.78, 5) is 4.93. The van der Waals surface area contributed by atoms with Crippen molar-refractivity contribution in [3.63, 3.8) is 0 Å². The van der Waals surface area contributed by atoms with Gasteiger partial charge >= 0.3 is 0 Å². The predicted molar refractivity (Wildman–Crippen MR) is 145 cm³/mol. The molecule has 3 aromatic carbocycles. The molecule has 0 spiro atoms. The van der Waals surface area contributed by atoms with Gasteiger partial charge in [0, 0.05) is 32.7 Å². The van der Waals surface area contributed by atoms with Crippen LogP contribution in [0.15, 0.2) is 91.0 Å². The lowest BCUT2D eigenvalue weighted by Gasteiger charge is -2.33. The van der Waals surface area contributed by atoms with Gasteiger partial charge in [0.25, 0.3) is 0 Å². The van der Waals surface area contributed by atoms with Gasteiger partial charge in [0.1, 0.15) is 12.7 Å². The van der Waals surface area contributed by atoms with E-state index in [1.807, 2.05) is 36.4 Å². The van der Waals surface area contributed by atoms with Crippen LogP contribution in [0.25, 0.3) is 0 Å². The van der Waals surface area contributed by atoms with Crippen LogP contribution in [0, 0.1) is 11.8 Å². The van der Waals surface area contributed by atoms with Gasteiger partial charge in [0.2, 0.25) is 0 Å². The molecule has 1 heterocycles. The highest BCUT2D eigenvalue weighted by Gasteiger charge is 2.16. The summed E-state index contributed by atoms with van der Waals surface area (Å²) in [5.74, 6) is 6.41. The van der Waals surface area contributed by atoms with Crippen molar-refractivity contribution in [2.24, 2.45) is 0 Å². The average molecular weight is 491 g/mol. The van der Waals surface area contributed by atoms with Crippen LogP contribution in [-0.4, -0.2) is 62.3 Å². The number of rotatable bonds is 10. The fraction of sp³-hybridized carbons (Fsp3) is 0.333. The van der Waals surface area contributed by atoms with Crippen LogP contribution in [0.5, 0.6) is 0 Å². The molecule has 5 heteroatoms. The topological polar surface area (TPSA) is 24.9 Å². The first kappa shape index (κ1) is 26.9. The normalized spacial score (nSPS) is 14.2. The summed E-state index contributed by atoms with van der Waals surface area (Å²) in [6.45, 7) is 7.66. The smallest absolute Gasteiger partial charge is 0.108 e. The number of halogens is 1. The van der Waals surface area contributed by atoms with Crippen LogP contribution in [-0.2, 0) is 16.0 Å². The second-order valence-corrected chi connectivity index (χ2v) is 8.52. The summed E-state index contributed by atoms with van der Waals surface area (Å²) < 4.78 is 11.9. The van der Waals surface area contributed by atoms with Gasteiger partial charge in [-0.15, -0.1) is 12.4 Å². The van der Waals surface area contributed by atoms with Gasteiger partial charge in [0.15, 0.2) is 0 Å². The Hall–Kier alpha value is -2.65. The summed E-state index contributed by atoms with van der Waals surface area (Å²) in [7, 11) is 0. The number of piperazine rings is 1. The van der Waals surface area contributed by atoms with Crippen LogP contribution < -0.4 is 0 Å². The van der Waals surface area contributed by atoms with E-state index in [0.717, 1.165) is 50.4 Å². The van der Waals surface area contributed by atoms with E-state index in [1.54, 1.807) is 0 Å². The van der Waals surface area contributed by atoms with Crippen LogP contribution >= 0.6 is 12.4 Å². The maximum atomic E-state index is 6.18. The van der Waals surface area contributed by atoms with Crippen molar-refractivity contribution in [3.8, 4) is 11.8 Å². The van der Waals surface area contributed by atoms with Crippen molar-refractivity contribution in [2.75, 3.05) is 52.5 Å². The first-order valence-electron chi connectivity index (χ1n) is 12.1. The molecule has 1 fully saturated rings. The number of ether oxygens (including phenoxy) is 2. The molecule has 1 aliphatic rings.